The molecule has 0 heteroatoms. The number of hydrogen-bond acceptors (Lipinski definition) is 0. The molecule has 0 heterocycles. The van der Waals surface area contributed by atoms with Crippen LogP contribution in [0.5, 0.6) is 0 Å². The van der Waals surface area contributed by atoms with Crippen LogP contribution in [-0.2, 0) is 0 Å². The van der Waals surface area contributed by atoms with E-state index in [2.05, 4.69) is 6.92 Å². The third kappa shape index (κ3) is 0.537. The highest BCUT2D eigenvalue weighted by Gasteiger charge is 2.71. The van der Waals surface area contributed by atoms with Gasteiger partial charge in [-0.3, -0.25) is 0 Å². The fourth-order valence-electron chi connectivity index (χ4n) is 7.31. The van der Waals surface area contributed by atoms with Gasteiger partial charge in [-0.2, -0.15) is 0 Å². The van der Waals surface area contributed by atoms with Crippen molar-refractivity contribution in [3.63, 3.8) is 0 Å². The molecule has 14 heavy (non-hydrogen) atoms. The molecule has 0 amide bonds. The molecule has 0 radical (unpaired) electrons. The smallest absolute Gasteiger partial charge is 0.0286 e. The molecule has 0 spiro atoms. The van der Waals surface area contributed by atoms with Gasteiger partial charge in [0, 0.05) is 0 Å². The Morgan fingerprint density at radius 2 is 1.36 bits per heavy atom. The lowest BCUT2D eigenvalue weighted by atomic mass is 9.49. The molecule has 6 fully saturated rings. The molecule has 6 rings (SSSR count). The molecule has 7 bridgehead atoms. The van der Waals surface area contributed by atoms with E-state index in [0.717, 1.165) is 5.41 Å². The summed E-state index contributed by atoms with van der Waals surface area (Å²) in [6.45, 7) is 2.64. The molecule has 0 aromatic rings. The second-order valence-corrected chi connectivity index (χ2v) is 7.48. The van der Waals surface area contributed by atoms with Crippen molar-refractivity contribution in [2.24, 2.45) is 46.8 Å². The van der Waals surface area contributed by atoms with Crippen LogP contribution in [0.3, 0.4) is 0 Å². The van der Waals surface area contributed by atoms with Crippen LogP contribution < -0.4 is 0 Å². The molecule has 4 unspecified atom stereocenters. The van der Waals surface area contributed by atoms with Crippen LogP contribution >= 0.6 is 0 Å². The molecule has 6 saturated carbocycles. The standard InChI is InChI=1S/C14H20/c1-14-5-11-8-2-7-3-9(11)13(14)10(4-7)12(8)6-14/h7-13H,2-6H2,1H3. The molecule has 0 aromatic carbocycles. The summed E-state index contributed by atoms with van der Waals surface area (Å²) in [5.41, 5.74) is 0.830. The van der Waals surface area contributed by atoms with Crippen LogP contribution in [0, 0.1) is 46.8 Å². The average Bonchev–Trinajstić information content (AvgIpc) is 2.58. The van der Waals surface area contributed by atoms with Crippen molar-refractivity contribution in [3.8, 4) is 0 Å². The van der Waals surface area contributed by atoms with Crippen LogP contribution in [-0.4, -0.2) is 0 Å². The van der Waals surface area contributed by atoms with E-state index in [-0.39, 0.29) is 0 Å². The summed E-state index contributed by atoms with van der Waals surface area (Å²) >= 11 is 0. The van der Waals surface area contributed by atoms with Gasteiger partial charge in [-0.25, -0.2) is 0 Å². The van der Waals surface area contributed by atoms with Crippen molar-refractivity contribution < 1.29 is 0 Å². The summed E-state index contributed by atoms with van der Waals surface area (Å²) in [6, 6.07) is 0. The number of hydrogen-bond donors (Lipinski definition) is 0. The topological polar surface area (TPSA) is 0 Å². The Morgan fingerprint density at radius 3 is 2.00 bits per heavy atom. The lowest BCUT2D eigenvalue weighted by Crippen LogP contribution is -2.49. The predicted octanol–water partition coefficient (Wildman–Crippen LogP) is 3.32. The monoisotopic (exact) mass is 188 g/mol. The molecule has 4 atom stereocenters. The van der Waals surface area contributed by atoms with Crippen molar-refractivity contribution in [3.05, 3.63) is 0 Å². The van der Waals surface area contributed by atoms with Gasteiger partial charge in [0.05, 0.1) is 0 Å². The zero-order valence-electron chi connectivity index (χ0n) is 9.08. The molecule has 0 aliphatic heterocycles. The first kappa shape index (κ1) is 7.30. The summed E-state index contributed by atoms with van der Waals surface area (Å²) in [5.74, 6) is 8.42. The largest absolute Gasteiger partial charge is 0.0593 e. The van der Waals surface area contributed by atoms with Crippen molar-refractivity contribution in [2.45, 2.75) is 39.0 Å². The zero-order valence-corrected chi connectivity index (χ0v) is 9.08. The Hall–Kier alpha value is 0. The Labute approximate surface area is 86.5 Å². The molecule has 0 aromatic heterocycles. The summed E-state index contributed by atoms with van der Waals surface area (Å²) in [7, 11) is 0. The highest BCUT2D eigenvalue weighted by molar-refractivity contribution is 5.20. The lowest BCUT2D eigenvalue weighted by molar-refractivity contribution is -0.0766. The SMILES string of the molecule is CC12CC3C4CC5CC3C1C(C5)C4C2. The maximum absolute atomic E-state index is 2.64. The van der Waals surface area contributed by atoms with Crippen LogP contribution in [0.1, 0.15) is 39.0 Å². The van der Waals surface area contributed by atoms with Crippen LogP contribution in [0.4, 0.5) is 0 Å². The van der Waals surface area contributed by atoms with Gasteiger partial charge in [-0.05, 0) is 78.9 Å². The molecule has 0 nitrogen and oxygen atoms in total. The van der Waals surface area contributed by atoms with Crippen molar-refractivity contribution >= 4 is 0 Å². The van der Waals surface area contributed by atoms with Crippen LogP contribution in [0.2, 0.25) is 0 Å². The summed E-state index contributed by atoms with van der Waals surface area (Å²) < 4.78 is 0. The van der Waals surface area contributed by atoms with Crippen LogP contribution in [0.15, 0.2) is 0 Å². The predicted molar refractivity (Wildman–Crippen MR) is 55.6 cm³/mol. The van der Waals surface area contributed by atoms with Crippen LogP contribution in [0.25, 0.3) is 0 Å². The van der Waals surface area contributed by atoms with E-state index >= 15 is 0 Å². The van der Waals surface area contributed by atoms with Gasteiger partial charge in [0.2, 0.25) is 0 Å². The fourth-order valence-corrected chi connectivity index (χ4v) is 7.31. The molecule has 0 N–H and O–H groups in total. The van der Waals surface area contributed by atoms with Gasteiger partial charge in [0.15, 0.2) is 0 Å². The third-order valence-corrected chi connectivity index (χ3v) is 7.15. The first-order chi connectivity index (χ1) is 6.76. The van der Waals surface area contributed by atoms with Gasteiger partial charge in [0.1, 0.15) is 0 Å². The lowest BCUT2D eigenvalue weighted by Gasteiger charge is -2.56. The van der Waals surface area contributed by atoms with Gasteiger partial charge in [0.25, 0.3) is 0 Å². The summed E-state index contributed by atoms with van der Waals surface area (Å²) in [4.78, 5) is 0. The van der Waals surface area contributed by atoms with E-state index in [1.165, 1.54) is 41.4 Å². The Morgan fingerprint density at radius 1 is 0.786 bits per heavy atom. The van der Waals surface area contributed by atoms with E-state index in [1.807, 2.05) is 0 Å². The Kier molecular flexibility index (Phi) is 0.954. The van der Waals surface area contributed by atoms with Gasteiger partial charge < -0.3 is 0 Å². The van der Waals surface area contributed by atoms with E-state index in [4.69, 9.17) is 0 Å². The fraction of sp³-hybridized carbons (Fsp3) is 1.00. The normalized spacial score (nSPS) is 76.5. The van der Waals surface area contributed by atoms with E-state index in [1.54, 1.807) is 32.1 Å². The number of rotatable bonds is 0. The summed E-state index contributed by atoms with van der Waals surface area (Å²) in [6.07, 6.45) is 8.19. The minimum atomic E-state index is 0.830. The van der Waals surface area contributed by atoms with Crippen molar-refractivity contribution in [1.82, 2.24) is 0 Å². The maximum atomic E-state index is 2.64. The Balaban J connectivity index is 1.77. The molecular formula is C14H20. The highest BCUT2D eigenvalue weighted by Crippen LogP contribution is 2.78. The highest BCUT2D eigenvalue weighted by atomic mass is 14.8. The molecule has 0 saturated heterocycles. The zero-order chi connectivity index (χ0) is 9.08. The van der Waals surface area contributed by atoms with Crippen molar-refractivity contribution in [2.75, 3.05) is 0 Å². The average molecular weight is 188 g/mol. The maximum Gasteiger partial charge on any atom is -0.0286 e. The molecule has 6 aliphatic rings. The third-order valence-electron chi connectivity index (χ3n) is 7.15. The second kappa shape index (κ2) is 1.83. The van der Waals surface area contributed by atoms with E-state index in [0.29, 0.717) is 0 Å². The summed E-state index contributed by atoms with van der Waals surface area (Å²) in [5, 5.41) is 0. The Bertz CT molecular complexity index is 294. The molecular weight excluding hydrogens is 168 g/mol. The molecule has 76 valence electrons. The first-order valence-electron chi connectivity index (χ1n) is 6.76. The van der Waals surface area contributed by atoms with Crippen molar-refractivity contribution in [1.29, 1.82) is 0 Å². The quantitative estimate of drug-likeness (QED) is 0.547. The second-order valence-electron chi connectivity index (χ2n) is 7.48. The van der Waals surface area contributed by atoms with Gasteiger partial charge in [-0.15, -0.1) is 0 Å². The van der Waals surface area contributed by atoms with E-state index in [9.17, 15) is 0 Å². The minimum absolute atomic E-state index is 0.830. The first-order valence-corrected chi connectivity index (χ1v) is 6.76. The molecule has 6 aliphatic carbocycles. The van der Waals surface area contributed by atoms with Gasteiger partial charge in [-0.1, -0.05) is 6.92 Å². The minimum Gasteiger partial charge on any atom is -0.0593 e. The van der Waals surface area contributed by atoms with E-state index < -0.39 is 0 Å². The van der Waals surface area contributed by atoms with Gasteiger partial charge >= 0.3 is 0 Å².